The van der Waals surface area contributed by atoms with Crippen LogP contribution in [0.15, 0.2) is 18.2 Å². The van der Waals surface area contributed by atoms with Crippen molar-refractivity contribution in [1.82, 2.24) is 4.90 Å². The highest BCUT2D eigenvalue weighted by molar-refractivity contribution is 5.97. The van der Waals surface area contributed by atoms with Crippen LogP contribution in [0.5, 0.6) is 0 Å². The molecule has 0 aromatic heterocycles. The van der Waals surface area contributed by atoms with Crippen LogP contribution in [0.25, 0.3) is 0 Å². The summed E-state index contributed by atoms with van der Waals surface area (Å²) in [5.74, 6) is -0.307. The van der Waals surface area contributed by atoms with Crippen molar-refractivity contribution in [2.24, 2.45) is 5.92 Å². The Hall–Kier alpha value is -1.88. The molecule has 1 aliphatic heterocycles. The number of hydrogen-bond donors (Lipinski definition) is 1. The van der Waals surface area contributed by atoms with Gasteiger partial charge >= 0.3 is 5.97 Å². The summed E-state index contributed by atoms with van der Waals surface area (Å²) < 4.78 is 4.75. The number of amides is 1. The fourth-order valence-electron chi connectivity index (χ4n) is 2.61. The molecular formula is C16H22N2O3. The number of carbonyl (C=O) groups is 2. The van der Waals surface area contributed by atoms with Crippen LogP contribution in [0.4, 0.5) is 5.69 Å². The summed E-state index contributed by atoms with van der Waals surface area (Å²) >= 11 is 0. The summed E-state index contributed by atoms with van der Waals surface area (Å²) in [6.07, 6.45) is 1.75. The van der Waals surface area contributed by atoms with E-state index in [-0.39, 0.29) is 17.8 Å². The minimum atomic E-state index is -0.386. The summed E-state index contributed by atoms with van der Waals surface area (Å²) in [5.41, 5.74) is 1.91. The van der Waals surface area contributed by atoms with E-state index in [1.165, 1.54) is 7.11 Å². The molecule has 0 saturated carbocycles. The third-order valence-electron chi connectivity index (χ3n) is 4.09. The van der Waals surface area contributed by atoms with E-state index in [2.05, 4.69) is 17.3 Å². The van der Waals surface area contributed by atoms with Crippen LogP contribution in [0.3, 0.4) is 0 Å². The van der Waals surface area contributed by atoms with E-state index in [1.807, 2.05) is 13.0 Å². The number of rotatable bonds is 3. The molecule has 1 saturated heterocycles. The quantitative estimate of drug-likeness (QED) is 0.866. The number of benzene rings is 1. The van der Waals surface area contributed by atoms with Gasteiger partial charge in [-0.2, -0.15) is 0 Å². The number of ether oxygens (including phenoxy) is 1. The van der Waals surface area contributed by atoms with Crippen molar-refractivity contribution in [3.8, 4) is 0 Å². The second-order valence-corrected chi connectivity index (χ2v) is 5.54. The second kappa shape index (κ2) is 6.72. The molecule has 0 atom stereocenters. The first-order valence-corrected chi connectivity index (χ1v) is 7.20. The zero-order valence-corrected chi connectivity index (χ0v) is 12.8. The van der Waals surface area contributed by atoms with E-state index in [4.69, 9.17) is 4.74 Å². The van der Waals surface area contributed by atoms with Gasteiger partial charge < -0.3 is 15.0 Å². The van der Waals surface area contributed by atoms with Gasteiger partial charge in [0.15, 0.2) is 0 Å². The topological polar surface area (TPSA) is 58.6 Å². The molecule has 0 radical (unpaired) electrons. The van der Waals surface area contributed by atoms with Gasteiger partial charge in [0.1, 0.15) is 0 Å². The Morgan fingerprint density at radius 2 is 1.95 bits per heavy atom. The molecule has 0 aliphatic carbocycles. The molecule has 21 heavy (non-hydrogen) atoms. The maximum absolute atomic E-state index is 12.3. The van der Waals surface area contributed by atoms with Gasteiger partial charge in [0.05, 0.1) is 12.7 Å². The van der Waals surface area contributed by atoms with Crippen LogP contribution >= 0.6 is 0 Å². The van der Waals surface area contributed by atoms with Crippen LogP contribution < -0.4 is 5.32 Å². The fraction of sp³-hybridized carbons (Fsp3) is 0.500. The molecule has 1 fully saturated rings. The summed E-state index contributed by atoms with van der Waals surface area (Å²) in [7, 11) is 3.42. The van der Waals surface area contributed by atoms with Gasteiger partial charge in [0.25, 0.3) is 0 Å². The highest BCUT2D eigenvalue weighted by Gasteiger charge is 2.24. The summed E-state index contributed by atoms with van der Waals surface area (Å²) in [5, 5.41) is 2.95. The van der Waals surface area contributed by atoms with Crippen molar-refractivity contribution < 1.29 is 14.3 Å². The summed E-state index contributed by atoms with van der Waals surface area (Å²) in [6.45, 7) is 3.70. The lowest BCUT2D eigenvalue weighted by Crippen LogP contribution is -2.36. The lowest BCUT2D eigenvalue weighted by molar-refractivity contribution is -0.121. The highest BCUT2D eigenvalue weighted by Crippen LogP contribution is 2.23. The smallest absolute Gasteiger partial charge is 0.338 e. The maximum atomic E-state index is 12.3. The van der Waals surface area contributed by atoms with E-state index >= 15 is 0 Å². The predicted molar refractivity (Wildman–Crippen MR) is 81.4 cm³/mol. The first-order chi connectivity index (χ1) is 10.0. The van der Waals surface area contributed by atoms with Crippen LogP contribution in [-0.2, 0) is 9.53 Å². The SMILES string of the molecule is COC(=O)c1cccc(NC(=O)C2CCN(C)CC2)c1C. The monoisotopic (exact) mass is 290 g/mol. The molecule has 2 rings (SSSR count). The molecule has 5 heteroatoms. The van der Waals surface area contributed by atoms with E-state index in [1.54, 1.807) is 12.1 Å². The van der Waals surface area contributed by atoms with Crippen LogP contribution in [0, 0.1) is 12.8 Å². The van der Waals surface area contributed by atoms with E-state index < -0.39 is 0 Å². The van der Waals surface area contributed by atoms with Crippen molar-refractivity contribution in [3.05, 3.63) is 29.3 Å². The Morgan fingerprint density at radius 3 is 2.57 bits per heavy atom. The molecule has 1 N–H and O–H groups in total. The number of nitrogens with zero attached hydrogens (tertiary/aromatic N) is 1. The predicted octanol–water partition coefficient (Wildman–Crippen LogP) is 2.06. The lowest BCUT2D eigenvalue weighted by atomic mass is 9.96. The van der Waals surface area contributed by atoms with Gasteiger partial charge in [0.2, 0.25) is 5.91 Å². The first-order valence-electron chi connectivity index (χ1n) is 7.20. The zero-order chi connectivity index (χ0) is 15.4. The lowest BCUT2D eigenvalue weighted by Gasteiger charge is -2.28. The molecule has 1 amide bonds. The number of methoxy groups -OCH3 is 1. The Balaban J connectivity index is 2.09. The second-order valence-electron chi connectivity index (χ2n) is 5.54. The fourth-order valence-corrected chi connectivity index (χ4v) is 2.61. The van der Waals surface area contributed by atoms with E-state index in [0.29, 0.717) is 11.3 Å². The highest BCUT2D eigenvalue weighted by atomic mass is 16.5. The number of piperidine rings is 1. The Labute approximate surface area is 125 Å². The minimum Gasteiger partial charge on any atom is -0.465 e. The van der Waals surface area contributed by atoms with Crippen LogP contribution in [0.1, 0.15) is 28.8 Å². The average Bonchev–Trinajstić information content (AvgIpc) is 2.49. The Morgan fingerprint density at radius 1 is 1.29 bits per heavy atom. The molecular weight excluding hydrogens is 268 g/mol. The Bertz CT molecular complexity index is 534. The van der Waals surface area contributed by atoms with Gasteiger partial charge in [-0.05, 0) is 57.6 Å². The number of hydrogen-bond acceptors (Lipinski definition) is 4. The minimum absolute atomic E-state index is 0.0354. The maximum Gasteiger partial charge on any atom is 0.338 e. The number of likely N-dealkylation sites (tertiary alicyclic amines) is 1. The zero-order valence-electron chi connectivity index (χ0n) is 12.8. The molecule has 114 valence electrons. The van der Waals surface area contributed by atoms with Crippen molar-refractivity contribution in [2.75, 3.05) is 32.6 Å². The third-order valence-corrected chi connectivity index (χ3v) is 4.09. The number of anilines is 1. The van der Waals surface area contributed by atoms with Gasteiger partial charge in [0, 0.05) is 11.6 Å². The molecule has 1 aromatic carbocycles. The van der Waals surface area contributed by atoms with Gasteiger partial charge in [-0.3, -0.25) is 4.79 Å². The summed E-state index contributed by atoms with van der Waals surface area (Å²) in [6, 6.07) is 5.27. The normalized spacial score (nSPS) is 16.5. The third kappa shape index (κ3) is 3.61. The molecule has 5 nitrogen and oxygen atoms in total. The molecule has 1 aliphatic rings. The standard InChI is InChI=1S/C16H22N2O3/c1-11-13(16(20)21-3)5-4-6-14(11)17-15(19)12-7-9-18(2)10-8-12/h4-6,12H,7-10H2,1-3H3,(H,17,19). The average molecular weight is 290 g/mol. The van der Waals surface area contributed by atoms with Crippen molar-refractivity contribution in [3.63, 3.8) is 0 Å². The van der Waals surface area contributed by atoms with Gasteiger partial charge in [-0.25, -0.2) is 4.79 Å². The number of nitrogens with one attached hydrogen (secondary N) is 1. The summed E-state index contributed by atoms with van der Waals surface area (Å²) in [4.78, 5) is 26.2. The van der Waals surface area contributed by atoms with E-state index in [9.17, 15) is 9.59 Å². The molecule has 1 heterocycles. The number of esters is 1. The largest absolute Gasteiger partial charge is 0.465 e. The number of carbonyl (C=O) groups excluding carboxylic acids is 2. The molecule has 0 bridgehead atoms. The van der Waals surface area contributed by atoms with Crippen molar-refractivity contribution >= 4 is 17.6 Å². The van der Waals surface area contributed by atoms with Gasteiger partial charge in [-0.15, -0.1) is 0 Å². The Kier molecular flexibility index (Phi) is 4.96. The van der Waals surface area contributed by atoms with Crippen LogP contribution in [-0.4, -0.2) is 44.0 Å². The van der Waals surface area contributed by atoms with Crippen LogP contribution in [0.2, 0.25) is 0 Å². The van der Waals surface area contributed by atoms with Crippen molar-refractivity contribution in [1.29, 1.82) is 0 Å². The molecule has 1 aromatic rings. The van der Waals surface area contributed by atoms with Crippen molar-refractivity contribution in [2.45, 2.75) is 19.8 Å². The van der Waals surface area contributed by atoms with E-state index in [0.717, 1.165) is 31.5 Å². The molecule has 0 spiro atoms. The molecule has 0 unspecified atom stereocenters. The first kappa shape index (κ1) is 15.5. The van der Waals surface area contributed by atoms with Gasteiger partial charge in [-0.1, -0.05) is 6.07 Å².